The summed E-state index contributed by atoms with van der Waals surface area (Å²) in [4.78, 5) is 25.3. The Morgan fingerprint density at radius 2 is 1.64 bits per heavy atom. The minimum atomic E-state index is -1.24. The summed E-state index contributed by atoms with van der Waals surface area (Å²) >= 11 is 0. The molecule has 0 spiro atoms. The predicted molar refractivity (Wildman–Crippen MR) is 105 cm³/mol. The van der Waals surface area contributed by atoms with E-state index in [1.54, 1.807) is 13.8 Å². The normalized spacial score (nSPS) is 18.7. The zero-order chi connectivity index (χ0) is 20.4. The van der Waals surface area contributed by atoms with Crippen LogP contribution in [0.4, 0.5) is 0 Å². The molecule has 0 unspecified atom stereocenters. The minimum Gasteiger partial charge on any atom is -0.489 e. The number of ether oxygens (including phenoxy) is 3. The minimum absolute atomic E-state index is 0.439. The van der Waals surface area contributed by atoms with Gasteiger partial charge in [-0.2, -0.15) is 0 Å². The Bertz CT molecular complexity index is 838. The van der Waals surface area contributed by atoms with Gasteiger partial charge in [-0.3, -0.25) is 9.59 Å². The molecule has 1 aliphatic heterocycles. The van der Waals surface area contributed by atoms with Crippen molar-refractivity contribution in [3.8, 4) is 5.75 Å². The van der Waals surface area contributed by atoms with Crippen LogP contribution in [-0.2, 0) is 31.1 Å². The van der Waals surface area contributed by atoms with Crippen molar-refractivity contribution in [2.75, 3.05) is 0 Å². The summed E-state index contributed by atoms with van der Waals surface area (Å²) in [5.74, 6) is -2.68. The van der Waals surface area contributed by atoms with E-state index < -0.39 is 29.1 Å². The van der Waals surface area contributed by atoms with Gasteiger partial charge < -0.3 is 14.2 Å². The molecule has 1 aliphatic rings. The average molecular weight is 382 g/mol. The molecule has 0 aliphatic carbocycles. The monoisotopic (exact) mass is 382 g/mol. The highest BCUT2D eigenvalue weighted by atomic mass is 16.7. The van der Waals surface area contributed by atoms with Crippen LogP contribution in [0.15, 0.2) is 54.6 Å². The zero-order valence-corrected chi connectivity index (χ0v) is 16.7. The Kier molecular flexibility index (Phi) is 5.45. The Balaban J connectivity index is 1.85. The van der Waals surface area contributed by atoms with Crippen molar-refractivity contribution in [3.05, 3.63) is 65.7 Å². The summed E-state index contributed by atoms with van der Waals surface area (Å²) < 4.78 is 16.6. The van der Waals surface area contributed by atoms with E-state index in [4.69, 9.17) is 14.2 Å². The van der Waals surface area contributed by atoms with Gasteiger partial charge in [0.2, 0.25) is 0 Å². The summed E-state index contributed by atoms with van der Waals surface area (Å²) in [7, 11) is 0. The molecule has 0 radical (unpaired) electrons. The Hall–Kier alpha value is -2.82. The second-order valence-electron chi connectivity index (χ2n) is 7.75. The molecule has 28 heavy (non-hydrogen) atoms. The number of hydrogen-bond acceptors (Lipinski definition) is 5. The molecule has 1 fully saturated rings. The van der Waals surface area contributed by atoms with Crippen LogP contribution in [0.3, 0.4) is 0 Å². The summed E-state index contributed by atoms with van der Waals surface area (Å²) in [5.41, 5.74) is 1.13. The number of cyclic esters (lactones) is 2. The molecule has 3 rings (SSSR count). The predicted octanol–water partition coefficient (Wildman–Crippen LogP) is 4.39. The van der Waals surface area contributed by atoms with Crippen LogP contribution in [0.5, 0.6) is 5.75 Å². The van der Waals surface area contributed by atoms with Crippen LogP contribution in [0.2, 0.25) is 0 Å². The van der Waals surface area contributed by atoms with Crippen molar-refractivity contribution in [2.45, 2.75) is 51.9 Å². The Morgan fingerprint density at radius 1 is 1.00 bits per heavy atom. The van der Waals surface area contributed by atoms with E-state index in [0.29, 0.717) is 18.8 Å². The van der Waals surface area contributed by atoms with Crippen molar-refractivity contribution in [3.63, 3.8) is 0 Å². The lowest BCUT2D eigenvalue weighted by atomic mass is 9.69. The van der Waals surface area contributed by atoms with E-state index in [1.165, 1.54) is 0 Å². The first-order valence-corrected chi connectivity index (χ1v) is 9.48. The third-order valence-corrected chi connectivity index (χ3v) is 5.28. The van der Waals surface area contributed by atoms with Gasteiger partial charge in [0.25, 0.3) is 5.79 Å². The highest BCUT2D eigenvalue weighted by Crippen LogP contribution is 2.41. The third kappa shape index (κ3) is 4.03. The second kappa shape index (κ2) is 7.66. The first-order valence-electron chi connectivity index (χ1n) is 9.48. The summed E-state index contributed by atoms with van der Waals surface area (Å²) in [6.07, 6.45) is 0.560. The average Bonchev–Trinajstić information content (AvgIpc) is 2.65. The molecule has 0 amide bonds. The van der Waals surface area contributed by atoms with Crippen LogP contribution >= 0.6 is 0 Å². The Morgan fingerprint density at radius 3 is 2.25 bits per heavy atom. The van der Waals surface area contributed by atoms with Gasteiger partial charge in [-0.25, -0.2) is 0 Å². The van der Waals surface area contributed by atoms with Gasteiger partial charge in [-0.05, 0) is 29.7 Å². The van der Waals surface area contributed by atoms with Crippen molar-refractivity contribution >= 4 is 11.9 Å². The van der Waals surface area contributed by atoms with Crippen molar-refractivity contribution in [1.29, 1.82) is 0 Å². The quantitative estimate of drug-likeness (QED) is 0.548. The molecule has 0 saturated carbocycles. The summed E-state index contributed by atoms with van der Waals surface area (Å²) in [6.45, 7) is 7.38. The molecule has 2 aromatic rings. The van der Waals surface area contributed by atoms with E-state index in [0.717, 1.165) is 11.1 Å². The van der Waals surface area contributed by atoms with Crippen LogP contribution in [-0.4, -0.2) is 17.7 Å². The van der Waals surface area contributed by atoms with Crippen LogP contribution in [0, 0.1) is 5.92 Å². The van der Waals surface area contributed by atoms with Gasteiger partial charge >= 0.3 is 11.9 Å². The molecule has 5 heteroatoms. The van der Waals surface area contributed by atoms with E-state index >= 15 is 0 Å². The molecule has 1 saturated heterocycles. The Labute approximate surface area is 165 Å². The van der Waals surface area contributed by atoms with E-state index in [2.05, 4.69) is 0 Å². The molecule has 0 bridgehead atoms. The van der Waals surface area contributed by atoms with Crippen LogP contribution in [0.25, 0.3) is 0 Å². The van der Waals surface area contributed by atoms with E-state index in [-0.39, 0.29) is 0 Å². The number of rotatable bonds is 6. The van der Waals surface area contributed by atoms with Gasteiger partial charge in [-0.15, -0.1) is 0 Å². The maximum atomic E-state index is 12.6. The van der Waals surface area contributed by atoms with Gasteiger partial charge in [0.1, 0.15) is 12.4 Å². The van der Waals surface area contributed by atoms with Gasteiger partial charge in [0.05, 0.1) is 0 Å². The molecule has 5 nitrogen and oxygen atoms in total. The molecular weight excluding hydrogens is 356 g/mol. The van der Waals surface area contributed by atoms with Crippen molar-refractivity contribution in [1.82, 2.24) is 0 Å². The van der Waals surface area contributed by atoms with Gasteiger partial charge in [0.15, 0.2) is 5.92 Å². The molecule has 1 atom stereocenters. The second-order valence-corrected chi connectivity index (χ2v) is 7.75. The van der Waals surface area contributed by atoms with E-state index in [1.807, 2.05) is 68.4 Å². The SMILES string of the molecule is CC[C@@](C)(c1cccc(OCc2ccccc2)c1)C1C(=O)OC(C)(C)OC1=O. The molecule has 0 aromatic heterocycles. The lowest BCUT2D eigenvalue weighted by Gasteiger charge is -2.41. The highest BCUT2D eigenvalue weighted by molar-refractivity contribution is 5.98. The maximum absolute atomic E-state index is 12.6. The fourth-order valence-corrected chi connectivity index (χ4v) is 3.50. The van der Waals surface area contributed by atoms with Crippen LogP contribution < -0.4 is 4.74 Å². The number of hydrogen-bond donors (Lipinski definition) is 0. The molecular formula is C23H26O5. The van der Waals surface area contributed by atoms with Crippen molar-refractivity contribution < 1.29 is 23.8 Å². The maximum Gasteiger partial charge on any atom is 0.324 e. The first kappa shape index (κ1) is 19.9. The summed E-state index contributed by atoms with van der Waals surface area (Å²) in [6, 6.07) is 17.4. The van der Waals surface area contributed by atoms with Gasteiger partial charge in [-0.1, -0.05) is 56.3 Å². The number of carbonyl (C=O) groups excluding carboxylic acids is 2. The van der Waals surface area contributed by atoms with E-state index in [9.17, 15) is 9.59 Å². The van der Waals surface area contributed by atoms with Crippen LogP contribution in [0.1, 0.15) is 45.2 Å². The summed E-state index contributed by atoms with van der Waals surface area (Å²) in [5, 5.41) is 0. The first-order chi connectivity index (χ1) is 13.2. The molecule has 2 aromatic carbocycles. The lowest BCUT2D eigenvalue weighted by Crippen LogP contribution is -2.53. The fourth-order valence-electron chi connectivity index (χ4n) is 3.50. The van der Waals surface area contributed by atoms with Crippen molar-refractivity contribution in [2.24, 2.45) is 5.92 Å². The zero-order valence-electron chi connectivity index (χ0n) is 16.7. The smallest absolute Gasteiger partial charge is 0.324 e. The lowest BCUT2D eigenvalue weighted by molar-refractivity contribution is -0.243. The number of carbonyl (C=O) groups is 2. The topological polar surface area (TPSA) is 61.8 Å². The molecule has 0 N–H and O–H groups in total. The third-order valence-electron chi connectivity index (χ3n) is 5.28. The number of esters is 2. The highest BCUT2D eigenvalue weighted by Gasteiger charge is 2.52. The standard InChI is InChI=1S/C23H26O5/c1-5-23(4,19-20(24)27-22(2,3)28-21(19)25)17-12-9-13-18(14-17)26-15-16-10-7-6-8-11-16/h6-14,19H,5,15H2,1-4H3/t23-/m0/s1. The van der Waals surface area contributed by atoms with Gasteiger partial charge in [0, 0.05) is 19.3 Å². The largest absolute Gasteiger partial charge is 0.489 e. The molecule has 1 heterocycles. The molecule has 148 valence electrons. The fraction of sp³-hybridized carbons (Fsp3) is 0.391. The number of benzene rings is 2.